The van der Waals surface area contributed by atoms with Crippen LogP contribution in [0.1, 0.15) is 26.2 Å². The largest absolute Gasteiger partial charge is 0.377 e. The molecule has 0 aromatic carbocycles. The van der Waals surface area contributed by atoms with Crippen LogP contribution in [0.3, 0.4) is 0 Å². The van der Waals surface area contributed by atoms with Crippen molar-refractivity contribution >= 4 is 17.7 Å². The van der Waals surface area contributed by atoms with Gasteiger partial charge in [-0.1, -0.05) is 6.42 Å². The van der Waals surface area contributed by atoms with Gasteiger partial charge in [-0.15, -0.1) is 0 Å². The first-order chi connectivity index (χ1) is 14.6. The van der Waals surface area contributed by atoms with E-state index in [0.29, 0.717) is 65.8 Å². The Labute approximate surface area is 178 Å². The second kappa shape index (κ2) is 21.9. The van der Waals surface area contributed by atoms with E-state index in [4.69, 9.17) is 24.7 Å². The van der Waals surface area contributed by atoms with E-state index in [0.717, 1.165) is 19.3 Å². The molecule has 0 atom stereocenters. The quantitative estimate of drug-likeness (QED) is 0.160. The van der Waals surface area contributed by atoms with Crippen molar-refractivity contribution in [3.05, 3.63) is 0 Å². The molecule has 30 heavy (non-hydrogen) atoms. The van der Waals surface area contributed by atoms with Crippen LogP contribution in [0.4, 0.5) is 0 Å². The molecule has 0 saturated carbocycles. The van der Waals surface area contributed by atoms with Crippen molar-refractivity contribution in [2.24, 2.45) is 5.73 Å². The van der Waals surface area contributed by atoms with Crippen LogP contribution < -0.4 is 21.7 Å². The minimum Gasteiger partial charge on any atom is -0.377 e. The Balaban J connectivity index is 3.27. The van der Waals surface area contributed by atoms with Crippen molar-refractivity contribution in [3.63, 3.8) is 0 Å². The zero-order valence-corrected chi connectivity index (χ0v) is 18.0. The molecule has 0 saturated heterocycles. The van der Waals surface area contributed by atoms with E-state index in [9.17, 15) is 14.4 Å². The summed E-state index contributed by atoms with van der Waals surface area (Å²) in [5.74, 6) is -0.486. The number of ether oxygens (including phenoxy) is 4. The Morgan fingerprint density at radius 1 is 0.633 bits per heavy atom. The van der Waals surface area contributed by atoms with Gasteiger partial charge in [0.1, 0.15) is 13.2 Å². The molecule has 0 radical (unpaired) electrons. The topological polar surface area (TPSA) is 150 Å². The number of nitrogens with two attached hydrogens (primary N) is 1. The van der Waals surface area contributed by atoms with Gasteiger partial charge in [0.2, 0.25) is 17.7 Å². The normalized spacial score (nSPS) is 10.6. The molecule has 176 valence electrons. The summed E-state index contributed by atoms with van der Waals surface area (Å²) in [5.41, 5.74) is 5.40. The maximum Gasteiger partial charge on any atom is 0.246 e. The monoisotopic (exact) mass is 434 g/mol. The Bertz CT molecular complexity index is 453. The molecule has 0 unspecified atom stereocenters. The van der Waals surface area contributed by atoms with Crippen molar-refractivity contribution in [1.82, 2.24) is 16.0 Å². The van der Waals surface area contributed by atoms with E-state index >= 15 is 0 Å². The SMILES string of the molecule is CC(=O)NCCOCCOCC(=O)NCCOCCOCC(=O)NCCCCCN. The van der Waals surface area contributed by atoms with Crippen molar-refractivity contribution in [2.75, 3.05) is 79.0 Å². The predicted molar refractivity (Wildman–Crippen MR) is 111 cm³/mol. The molecular formula is C19H38N4O7. The summed E-state index contributed by atoms with van der Waals surface area (Å²) >= 11 is 0. The number of nitrogens with one attached hydrogen (secondary N) is 3. The fraction of sp³-hybridized carbons (Fsp3) is 0.842. The van der Waals surface area contributed by atoms with Gasteiger partial charge < -0.3 is 40.6 Å². The molecule has 11 nitrogen and oxygen atoms in total. The molecule has 0 aromatic heterocycles. The highest BCUT2D eigenvalue weighted by atomic mass is 16.5. The first kappa shape index (κ1) is 28.2. The lowest BCUT2D eigenvalue weighted by Gasteiger charge is -2.08. The molecule has 0 fully saturated rings. The summed E-state index contributed by atoms with van der Waals surface area (Å²) < 4.78 is 20.9. The number of amides is 3. The van der Waals surface area contributed by atoms with E-state index < -0.39 is 0 Å². The molecule has 0 spiro atoms. The lowest BCUT2D eigenvalue weighted by molar-refractivity contribution is -0.127. The van der Waals surface area contributed by atoms with Crippen LogP contribution in [0.2, 0.25) is 0 Å². The fourth-order valence-corrected chi connectivity index (χ4v) is 2.11. The van der Waals surface area contributed by atoms with Crippen LogP contribution in [0.15, 0.2) is 0 Å². The van der Waals surface area contributed by atoms with Crippen molar-refractivity contribution < 1.29 is 33.3 Å². The maximum atomic E-state index is 11.6. The molecule has 0 aliphatic carbocycles. The van der Waals surface area contributed by atoms with E-state index in [-0.39, 0.29) is 30.9 Å². The van der Waals surface area contributed by atoms with Gasteiger partial charge in [-0.2, -0.15) is 0 Å². The molecule has 0 aliphatic rings. The van der Waals surface area contributed by atoms with Crippen LogP contribution >= 0.6 is 0 Å². The number of hydrogen-bond acceptors (Lipinski definition) is 8. The third kappa shape index (κ3) is 22.5. The predicted octanol–water partition coefficient (Wildman–Crippen LogP) is -1.45. The summed E-state index contributed by atoms with van der Waals surface area (Å²) in [4.78, 5) is 33.7. The molecular weight excluding hydrogens is 396 g/mol. The summed E-state index contributed by atoms with van der Waals surface area (Å²) in [6.07, 6.45) is 2.88. The molecule has 5 N–H and O–H groups in total. The third-order valence-electron chi connectivity index (χ3n) is 3.60. The minimum atomic E-state index is -0.240. The molecule has 0 rings (SSSR count). The Kier molecular flexibility index (Phi) is 20.6. The molecule has 0 heterocycles. The standard InChI is InChI=1S/C19H38N4O7/c1-17(24)21-7-9-27-11-13-30-16-19(26)23-8-10-28-12-14-29-15-18(25)22-6-4-2-3-5-20/h2-16,20H2,1H3,(H,21,24)(H,22,25)(H,23,26). The number of carbonyl (C=O) groups is 3. The van der Waals surface area contributed by atoms with Gasteiger partial charge in [0.25, 0.3) is 0 Å². The van der Waals surface area contributed by atoms with Gasteiger partial charge in [-0.05, 0) is 19.4 Å². The number of carbonyl (C=O) groups excluding carboxylic acids is 3. The first-order valence-electron chi connectivity index (χ1n) is 10.3. The highest BCUT2D eigenvalue weighted by Crippen LogP contribution is 1.91. The van der Waals surface area contributed by atoms with E-state index in [1.165, 1.54) is 6.92 Å². The van der Waals surface area contributed by atoms with Crippen LogP contribution in [0.5, 0.6) is 0 Å². The maximum absolute atomic E-state index is 11.6. The Morgan fingerprint density at radius 2 is 1.13 bits per heavy atom. The minimum absolute atomic E-state index is 0.00524. The van der Waals surface area contributed by atoms with Crippen LogP contribution in [-0.2, 0) is 33.3 Å². The third-order valence-corrected chi connectivity index (χ3v) is 3.60. The number of hydrogen-bond donors (Lipinski definition) is 4. The molecule has 0 bridgehead atoms. The average Bonchev–Trinajstić information content (AvgIpc) is 2.71. The lowest BCUT2D eigenvalue weighted by atomic mass is 10.2. The zero-order valence-electron chi connectivity index (χ0n) is 18.0. The lowest BCUT2D eigenvalue weighted by Crippen LogP contribution is -2.31. The fourth-order valence-electron chi connectivity index (χ4n) is 2.11. The van der Waals surface area contributed by atoms with Crippen LogP contribution in [-0.4, -0.2) is 96.8 Å². The second-order valence-electron chi connectivity index (χ2n) is 6.36. The van der Waals surface area contributed by atoms with Crippen LogP contribution in [0.25, 0.3) is 0 Å². The van der Waals surface area contributed by atoms with Gasteiger partial charge in [-0.3, -0.25) is 14.4 Å². The van der Waals surface area contributed by atoms with Crippen LogP contribution in [0, 0.1) is 0 Å². The second-order valence-corrected chi connectivity index (χ2v) is 6.36. The van der Waals surface area contributed by atoms with Gasteiger partial charge >= 0.3 is 0 Å². The smallest absolute Gasteiger partial charge is 0.246 e. The summed E-state index contributed by atoms with van der Waals surface area (Å²) in [6.45, 7) is 5.53. The molecule has 0 aliphatic heterocycles. The summed E-state index contributed by atoms with van der Waals surface area (Å²) in [5, 5.41) is 8.05. The van der Waals surface area contributed by atoms with E-state index in [2.05, 4.69) is 16.0 Å². The number of unbranched alkanes of at least 4 members (excludes halogenated alkanes) is 2. The molecule has 3 amide bonds. The highest BCUT2D eigenvalue weighted by Gasteiger charge is 2.02. The summed E-state index contributed by atoms with van der Waals surface area (Å²) in [7, 11) is 0. The first-order valence-corrected chi connectivity index (χ1v) is 10.3. The number of rotatable bonds is 21. The molecule has 11 heteroatoms. The van der Waals surface area contributed by atoms with E-state index in [1.54, 1.807) is 0 Å². The Morgan fingerprint density at radius 3 is 1.67 bits per heavy atom. The zero-order chi connectivity index (χ0) is 22.3. The van der Waals surface area contributed by atoms with Gasteiger partial charge in [-0.25, -0.2) is 0 Å². The summed E-state index contributed by atoms with van der Waals surface area (Å²) in [6, 6.07) is 0. The average molecular weight is 435 g/mol. The van der Waals surface area contributed by atoms with Crippen molar-refractivity contribution in [3.8, 4) is 0 Å². The van der Waals surface area contributed by atoms with Gasteiger partial charge in [0.15, 0.2) is 0 Å². The molecule has 0 aromatic rings. The highest BCUT2D eigenvalue weighted by molar-refractivity contribution is 5.77. The Hall–Kier alpha value is -1.79. The van der Waals surface area contributed by atoms with Gasteiger partial charge in [0.05, 0.1) is 39.6 Å². The van der Waals surface area contributed by atoms with Crippen molar-refractivity contribution in [2.45, 2.75) is 26.2 Å². The van der Waals surface area contributed by atoms with Crippen molar-refractivity contribution in [1.29, 1.82) is 0 Å². The van der Waals surface area contributed by atoms with Gasteiger partial charge in [0, 0.05) is 26.6 Å². The van der Waals surface area contributed by atoms with E-state index in [1.807, 2.05) is 0 Å².